The predicted octanol–water partition coefficient (Wildman–Crippen LogP) is 1.46. The van der Waals surface area contributed by atoms with Gasteiger partial charge in [0.05, 0.1) is 14.9 Å². The first-order valence-electron chi connectivity index (χ1n) is 5.59. The highest BCUT2D eigenvalue weighted by molar-refractivity contribution is 7.89. The van der Waals surface area contributed by atoms with Gasteiger partial charge in [0.2, 0.25) is 16.4 Å². The van der Waals surface area contributed by atoms with Crippen LogP contribution in [0.2, 0.25) is 10.0 Å². The Morgan fingerprint density at radius 2 is 1.68 bits per heavy atom. The molecule has 8 heteroatoms. The van der Waals surface area contributed by atoms with Crippen molar-refractivity contribution < 1.29 is 13.2 Å². The molecule has 1 heterocycles. The zero-order valence-corrected chi connectivity index (χ0v) is 12.2. The molecule has 1 aliphatic rings. The summed E-state index contributed by atoms with van der Waals surface area (Å²) in [6.45, 7) is 1.34. The van der Waals surface area contributed by atoms with E-state index < -0.39 is 10.0 Å². The van der Waals surface area contributed by atoms with Gasteiger partial charge in [0.1, 0.15) is 0 Å². The lowest BCUT2D eigenvalue weighted by molar-refractivity contribution is -0.119. The maximum atomic E-state index is 12.4. The Hall–Kier alpha value is -0.820. The van der Waals surface area contributed by atoms with Crippen molar-refractivity contribution >= 4 is 39.6 Å². The number of halogens is 2. The lowest BCUT2D eigenvalue weighted by Crippen LogP contribution is -2.47. The van der Waals surface area contributed by atoms with Crippen LogP contribution in [0.15, 0.2) is 23.1 Å². The van der Waals surface area contributed by atoms with Crippen LogP contribution >= 0.6 is 23.2 Å². The lowest BCUT2D eigenvalue weighted by atomic mass is 10.4. The standard InChI is InChI=1S/C11H12Cl2N2O3S/c12-10-2-1-9(7-11(10)13)19(17,18)15-5-3-14(8-16)4-6-15/h1-2,7-8H,3-6H2. The minimum Gasteiger partial charge on any atom is -0.343 e. The highest BCUT2D eigenvalue weighted by Gasteiger charge is 2.28. The number of amides is 1. The maximum absolute atomic E-state index is 12.4. The molecule has 1 fully saturated rings. The first-order valence-corrected chi connectivity index (χ1v) is 7.79. The maximum Gasteiger partial charge on any atom is 0.243 e. The van der Waals surface area contributed by atoms with E-state index in [1.54, 1.807) is 4.90 Å². The normalized spacial score (nSPS) is 17.5. The third-order valence-corrected chi connectivity index (χ3v) is 5.58. The Bertz CT molecular complexity index is 584. The molecule has 0 radical (unpaired) electrons. The van der Waals surface area contributed by atoms with Gasteiger partial charge < -0.3 is 4.90 Å². The van der Waals surface area contributed by atoms with E-state index >= 15 is 0 Å². The molecular weight excluding hydrogens is 311 g/mol. The van der Waals surface area contributed by atoms with E-state index in [2.05, 4.69) is 0 Å². The minimum absolute atomic E-state index is 0.112. The van der Waals surface area contributed by atoms with Gasteiger partial charge in [0, 0.05) is 26.2 Å². The van der Waals surface area contributed by atoms with Crippen molar-refractivity contribution in [1.82, 2.24) is 9.21 Å². The van der Waals surface area contributed by atoms with E-state index in [0.29, 0.717) is 18.1 Å². The van der Waals surface area contributed by atoms with Gasteiger partial charge in [-0.25, -0.2) is 8.42 Å². The molecule has 5 nitrogen and oxygen atoms in total. The van der Waals surface area contributed by atoms with E-state index in [1.165, 1.54) is 22.5 Å². The molecule has 0 aromatic heterocycles. The molecular formula is C11H12Cl2N2O3S. The molecule has 0 unspecified atom stereocenters. The van der Waals surface area contributed by atoms with Gasteiger partial charge in [-0.3, -0.25) is 4.79 Å². The zero-order valence-electron chi connectivity index (χ0n) is 9.92. The summed E-state index contributed by atoms with van der Waals surface area (Å²) in [5, 5.41) is 0.515. The van der Waals surface area contributed by atoms with Gasteiger partial charge in [0.25, 0.3) is 0 Å². The van der Waals surface area contributed by atoms with Gasteiger partial charge in [-0.2, -0.15) is 4.31 Å². The van der Waals surface area contributed by atoms with E-state index in [9.17, 15) is 13.2 Å². The van der Waals surface area contributed by atoms with Crippen LogP contribution in [0, 0.1) is 0 Å². The molecule has 1 amide bonds. The lowest BCUT2D eigenvalue weighted by Gasteiger charge is -2.31. The third-order valence-electron chi connectivity index (χ3n) is 2.95. The molecule has 19 heavy (non-hydrogen) atoms. The molecule has 0 saturated carbocycles. The number of carbonyl (C=O) groups is 1. The van der Waals surface area contributed by atoms with Crippen molar-refractivity contribution in [3.8, 4) is 0 Å². The van der Waals surface area contributed by atoms with Crippen molar-refractivity contribution in [1.29, 1.82) is 0 Å². The Kier molecular flexibility index (Phi) is 4.35. The zero-order chi connectivity index (χ0) is 14.0. The number of rotatable bonds is 3. The summed E-state index contributed by atoms with van der Waals surface area (Å²) < 4.78 is 26.1. The van der Waals surface area contributed by atoms with Crippen molar-refractivity contribution in [2.75, 3.05) is 26.2 Å². The van der Waals surface area contributed by atoms with Crippen LogP contribution in [0.1, 0.15) is 0 Å². The summed E-state index contributed by atoms with van der Waals surface area (Å²) in [7, 11) is -3.59. The number of hydrogen-bond donors (Lipinski definition) is 0. The van der Waals surface area contributed by atoms with Crippen LogP contribution in [-0.2, 0) is 14.8 Å². The Morgan fingerprint density at radius 3 is 2.21 bits per heavy atom. The fraction of sp³-hybridized carbons (Fsp3) is 0.364. The summed E-state index contributed by atoms with van der Waals surface area (Å²) in [6, 6.07) is 4.22. The fourth-order valence-corrected chi connectivity index (χ4v) is 3.65. The van der Waals surface area contributed by atoms with Crippen LogP contribution < -0.4 is 0 Å². The van der Waals surface area contributed by atoms with Crippen molar-refractivity contribution in [3.63, 3.8) is 0 Å². The Labute approximate surface area is 121 Å². The monoisotopic (exact) mass is 322 g/mol. The smallest absolute Gasteiger partial charge is 0.243 e. The molecule has 104 valence electrons. The number of carbonyl (C=O) groups excluding carboxylic acids is 1. The van der Waals surface area contributed by atoms with Gasteiger partial charge in [-0.05, 0) is 18.2 Å². The molecule has 0 atom stereocenters. The number of piperazine rings is 1. The fourth-order valence-electron chi connectivity index (χ4n) is 1.84. The van der Waals surface area contributed by atoms with E-state index in [-0.39, 0.29) is 23.0 Å². The second-order valence-electron chi connectivity index (χ2n) is 4.12. The largest absolute Gasteiger partial charge is 0.343 e. The third kappa shape index (κ3) is 3.02. The SMILES string of the molecule is O=CN1CCN(S(=O)(=O)c2ccc(Cl)c(Cl)c2)CC1. The summed E-state index contributed by atoms with van der Waals surface area (Å²) in [5.74, 6) is 0. The quantitative estimate of drug-likeness (QED) is 0.791. The topological polar surface area (TPSA) is 57.7 Å². The molecule has 0 spiro atoms. The molecule has 1 saturated heterocycles. The van der Waals surface area contributed by atoms with E-state index in [1.807, 2.05) is 0 Å². The van der Waals surface area contributed by atoms with Crippen LogP contribution in [0.4, 0.5) is 0 Å². The van der Waals surface area contributed by atoms with Crippen molar-refractivity contribution in [2.45, 2.75) is 4.90 Å². The summed E-state index contributed by atoms with van der Waals surface area (Å²) in [5.41, 5.74) is 0. The molecule has 0 aliphatic carbocycles. The van der Waals surface area contributed by atoms with Gasteiger partial charge in [-0.1, -0.05) is 23.2 Å². The predicted molar refractivity (Wildman–Crippen MR) is 72.9 cm³/mol. The van der Waals surface area contributed by atoms with Crippen LogP contribution in [0.25, 0.3) is 0 Å². The minimum atomic E-state index is -3.59. The number of sulfonamides is 1. The van der Waals surface area contributed by atoms with Crippen molar-refractivity contribution in [2.24, 2.45) is 0 Å². The van der Waals surface area contributed by atoms with Crippen LogP contribution in [0.5, 0.6) is 0 Å². The summed E-state index contributed by atoms with van der Waals surface area (Å²) in [6.07, 6.45) is 0.725. The van der Waals surface area contributed by atoms with E-state index in [4.69, 9.17) is 23.2 Å². The van der Waals surface area contributed by atoms with Crippen LogP contribution in [0.3, 0.4) is 0 Å². The molecule has 2 rings (SSSR count). The molecule has 0 N–H and O–H groups in total. The second kappa shape index (κ2) is 5.66. The summed E-state index contributed by atoms with van der Waals surface area (Å²) in [4.78, 5) is 12.2. The molecule has 1 aromatic rings. The van der Waals surface area contributed by atoms with Gasteiger partial charge in [0.15, 0.2) is 0 Å². The van der Waals surface area contributed by atoms with Gasteiger partial charge in [-0.15, -0.1) is 0 Å². The Morgan fingerprint density at radius 1 is 1.05 bits per heavy atom. The van der Waals surface area contributed by atoms with Gasteiger partial charge >= 0.3 is 0 Å². The average molecular weight is 323 g/mol. The number of hydrogen-bond acceptors (Lipinski definition) is 3. The molecule has 1 aliphatic heterocycles. The first-order chi connectivity index (χ1) is 8.95. The first kappa shape index (κ1) is 14.6. The van der Waals surface area contributed by atoms with Crippen molar-refractivity contribution in [3.05, 3.63) is 28.2 Å². The number of nitrogens with zero attached hydrogens (tertiary/aromatic N) is 2. The van der Waals surface area contributed by atoms with E-state index in [0.717, 1.165) is 6.41 Å². The highest BCUT2D eigenvalue weighted by Crippen LogP contribution is 2.26. The summed E-state index contributed by atoms with van der Waals surface area (Å²) >= 11 is 11.6. The molecule has 0 bridgehead atoms. The second-order valence-corrected chi connectivity index (χ2v) is 6.87. The molecule has 1 aromatic carbocycles. The Balaban J connectivity index is 2.23. The number of benzene rings is 1. The average Bonchev–Trinajstić information content (AvgIpc) is 2.41. The highest BCUT2D eigenvalue weighted by atomic mass is 35.5. The van der Waals surface area contributed by atoms with Crippen LogP contribution in [-0.4, -0.2) is 50.2 Å².